The number of benzene rings is 2. The van der Waals surface area contributed by atoms with E-state index in [1.807, 2.05) is 11.3 Å². The zero-order chi connectivity index (χ0) is 28.8. The van der Waals surface area contributed by atoms with Crippen molar-refractivity contribution < 1.29 is 19.7 Å². The third-order valence-electron chi connectivity index (χ3n) is 6.00. The summed E-state index contributed by atoms with van der Waals surface area (Å²) in [6.07, 6.45) is 3.56. The topological polar surface area (TPSA) is 70.0 Å². The van der Waals surface area contributed by atoms with Crippen LogP contribution in [0, 0.1) is 20.8 Å². The van der Waals surface area contributed by atoms with E-state index in [9.17, 15) is 4.79 Å². The molecule has 2 aromatic carbocycles. The summed E-state index contributed by atoms with van der Waals surface area (Å²) in [5.74, 6) is 0. The molecule has 8 heteroatoms. The maximum absolute atomic E-state index is 11.7. The van der Waals surface area contributed by atoms with Crippen LogP contribution >= 0.6 is 39.2 Å². The Hall–Kier alpha value is -1.68. The summed E-state index contributed by atoms with van der Waals surface area (Å²) >= 11 is 7.45. The van der Waals surface area contributed by atoms with Gasteiger partial charge in [0.15, 0.2) is 0 Å². The number of nitrogens with zero attached hydrogens (tertiary/aromatic N) is 1. The smallest absolute Gasteiger partial charge is 0.124 e. The predicted octanol–water partition coefficient (Wildman–Crippen LogP) is 7.64. The van der Waals surface area contributed by atoms with Gasteiger partial charge in [0.05, 0.1) is 24.4 Å². The number of halogens is 1. The van der Waals surface area contributed by atoms with Crippen molar-refractivity contribution in [3.8, 4) is 22.3 Å². The van der Waals surface area contributed by atoms with Crippen LogP contribution in [-0.4, -0.2) is 42.6 Å². The molecule has 2 N–H and O–H groups in total. The van der Waals surface area contributed by atoms with Crippen LogP contribution in [0.25, 0.3) is 22.3 Å². The van der Waals surface area contributed by atoms with Crippen LogP contribution in [0.1, 0.15) is 52.8 Å². The lowest BCUT2D eigenvalue weighted by molar-refractivity contribution is -0.107. The van der Waals surface area contributed by atoms with E-state index >= 15 is 0 Å². The normalized spacial score (nSPS) is 12.1. The molecule has 0 radical (unpaired) electrons. The number of hydrogen-bond donors (Lipinski definition) is 2. The highest BCUT2D eigenvalue weighted by atomic mass is 79.9. The van der Waals surface area contributed by atoms with Crippen molar-refractivity contribution in [3.05, 3.63) is 60.7 Å². The van der Waals surface area contributed by atoms with E-state index in [1.165, 1.54) is 48.8 Å². The van der Waals surface area contributed by atoms with E-state index in [-0.39, 0.29) is 0 Å². The number of ether oxygens (including phenoxy) is 1. The van der Waals surface area contributed by atoms with Crippen LogP contribution in [0.2, 0.25) is 0 Å². The quantitative estimate of drug-likeness (QED) is 0.218. The Kier molecular flexibility index (Phi) is 12.1. The molecule has 0 atom stereocenters. The van der Waals surface area contributed by atoms with E-state index < -0.39 is 5.60 Å². The van der Waals surface area contributed by atoms with E-state index in [0.29, 0.717) is 13.0 Å². The van der Waals surface area contributed by atoms with Crippen LogP contribution < -0.4 is 4.31 Å². The number of hydrogen-bond acceptors (Lipinski definition) is 7. The number of aliphatic hydroxyl groups excluding tert-OH is 1. The summed E-state index contributed by atoms with van der Waals surface area (Å²) in [6, 6.07) is 8.63. The Morgan fingerprint density at radius 1 is 1.08 bits per heavy atom. The van der Waals surface area contributed by atoms with Gasteiger partial charge in [-0.2, -0.15) is 0 Å². The highest BCUT2D eigenvalue weighted by Gasteiger charge is 2.33. The molecule has 3 aromatic rings. The maximum atomic E-state index is 11.7. The lowest BCUT2D eigenvalue weighted by Crippen LogP contribution is -2.21. The standard InChI is InChI=1S/C25H26BrNO2S2.C4H10O.CH4O/c1-14-6-8-17(9-7-14)21-16(3)22-23-19(31-20(13-29-4)24(23)26)12-27(30-5)25(22)15(2)18(21)10-11-28;1-4(2,3)5;1-2/h6-9,11H,10,12-13H2,1-5H3;5H,1-3H3;2H,1H3. The molecule has 38 heavy (non-hydrogen) atoms. The molecular formula is C30H40BrNO4S2. The Morgan fingerprint density at radius 2 is 1.66 bits per heavy atom. The monoisotopic (exact) mass is 621 g/mol. The number of carbonyl (C=O) groups is 1. The molecule has 1 aliphatic heterocycles. The van der Waals surface area contributed by atoms with Crippen molar-refractivity contribution in [1.82, 2.24) is 0 Å². The average Bonchev–Trinajstić information content (AvgIpc) is 3.17. The molecule has 2 heterocycles. The van der Waals surface area contributed by atoms with Crippen LogP contribution in [0.5, 0.6) is 0 Å². The number of rotatable bonds is 6. The molecule has 0 amide bonds. The number of carbonyl (C=O) groups excluding carboxylic acids is 1. The average molecular weight is 623 g/mol. The first-order valence-corrected chi connectivity index (χ1v) is 15.2. The molecule has 0 saturated carbocycles. The molecule has 0 bridgehead atoms. The number of methoxy groups -OCH3 is 1. The van der Waals surface area contributed by atoms with Gasteiger partial charge in [-0.3, -0.25) is 0 Å². The third kappa shape index (κ3) is 7.29. The molecular weight excluding hydrogens is 582 g/mol. The molecule has 5 nitrogen and oxygen atoms in total. The van der Waals surface area contributed by atoms with Crippen LogP contribution in [0.4, 0.5) is 5.69 Å². The van der Waals surface area contributed by atoms with Gasteiger partial charge in [-0.05, 0) is 85.3 Å². The van der Waals surface area contributed by atoms with Crippen molar-refractivity contribution in [2.45, 2.75) is 66.7 Å². The molecule has 0 spiro atoms. The van der Waals surface area contributed by atoms with Gasteiger partial charge in [-0.1, -0.05) is 41.8 Å². The SMILES string of the molecule is CC(C)(C)O.CO.COCc1sc2c(c1Br)-c1c(C)c(-c3ccc(C)cc3)c(CC=O)c(C)c1N(SC)C2. The Balaban J connectivity index is 0.000000651. The van der Waals surface area contributed by atoms with Crippen molar-refractivity contribution >= 4 is 51.2 Å². The molecule has 4 rings (SSSR count). The van der Waals surface area contributed by atoms with Gasteiger partial charge in [-0.15, -0.1) is 11.3 Å². The van der Waals surface area contributed by atoms with Crippen molar-refractivity contribution in [3.63, 3.8) is 0 Å². The van der Waals surface area contributed by atoms with E-state index in [2.05, 4.69) is 71.5 Å². The highest BCUT2D eigenvalue weighted by molar-refractivity contribution is 9.10. The fourth-order valence-corrected chi connectivity index (χ4v) is 7.41. The lowest BCUT2D eigenvalue weighted by Gasteiger charge is -2.34. The summed E-state index contributed by atoms with van der Waals surface area (Å²) in [4.78, 5) is 14.2. The second kappa shape index (κ2) is 14.1. The number of thiophene rings is 1. The number of fused-ring (bicyclic) bond motifs is 3. The van der Waals surface area contributed by atoms with Crippen LogP contribution in [-0.2, 0) is 29.1 Å². The second-order valence-electron chi connectivity index (χ2n) is 10.0. The minimum Gasteiger partial charge on any atom is -0.400 e. The van der Waals surface area contributed by atoms with Gasteiger partial charge >= 0.3 is 0 Å². The maximum Gasteiger partial charge on any atom is 0.124 e. The third-order valence-corrected chi connectivity index (χ3v) is 9.03. The van der Waals surface area contributed by atoms with Gasteiger partial charge in [0.2, 0.25) is 0 Å². The van der Waals surface area contributed by atoms with Crippen LogP contribution in [0.15, 0.2) is 28.7 Å². The first-order chi connectivity index (χ1) is 17.9. The Morgan fingerprint density at radius 3 is 2.16 bits per heavy atom. The summed E-state index contributed by atoms with van der Waals surface area (Å²) in [6.45, 7) is 13.1. The zero-order valence-electron chi connectivity index (χ0n) is 23.9. The lowest BCUT2D eigenvalue weighted by atomic mass is 9.82. The first-order valence-electron chi connectivity index (χ1n) is 12.4. The molecule has 0 unspecified atom stereocenters. The molecule has 1 aromatic heterocycles. The fourth-order valence-electron chi connectivity index (χ4n) is 4.57. The number of aldehydes is 1. The predicted molar refractivity (Wildman–Crippen MR) is 167 cm³/mol. The molecule has 0 fully saturated rings. The van der Waals surface area contributed by atoms with Gasteiger partial charge in [0.1, 0.15) is 6.29 Å². The second-order valence-corrected chi connectivity index (χ2v) is 12.8. The van der Waals surface area contributed by atoms with Crippen LogP contribution in [0.3, 0.4) is 0 Å². The number of aryl methyl sites for hydroxylation is 1. The highest BCUT2D eigenvalue weighted by Crippen LogP contribution is 2.54. The van der Waals surface area contributed by atoms with Crippen molar-refractivity contribution in [2.24, 2.45) is 0 Å². The first kappa shape index (κ1) is 32.5. The van der Waals surface area contributed by atoms with Gasteiger partial charge < -0.3 is 24.0 Å². The van der Waals surface area contributed by atoms with E-state index in [0.717, 1.165) is 35.5 Å². The van der Waals surface area contributed by atoms with E-state index in [4.69, 9.17) is 14.9 Å². The molecule has 0 aliphatic carbocycles. The number of anilines is 1. The summed E-state index contributed by atoms with van der Waals surface area (Å²) in [5, 5.41) is 15.5. The van der Waals surface area contributed by atoms with E-state index in [1.54, 1.807) is 39.8 Å². The summed E-state index contributed by atoms with van der Waals surface area (Å²) in [5.41, 5.74) is 10.4. The molecule has 208 valence electrons. The van der Waals surface area contributed by atoms with Crippen molar-refractivity contribution in [1.29, 1.82) is 0 Å². The summed E-state index contributed by atoms with van der Waals surface area (Å²) in [7, 11) is 2.74. The Bertz CT molecular complexity index is 1240. The Labute approximate surface area is 244 Å². The van der Waals surface area contributed by atoms with Gasteiger partial charge in [-0.25, -0.2) is 0 Å². The summed E-state index contributed by atoms with van der Waals surface area (Å²) < 4.78 is 8.96. The van der Waals surface area contributed by atoms with Gasteiger partial charge in [0.25, 0.3) is 0 Å². The molecule has 0 saturated heterocycles. The zero-order valence-corrected chi connectivity index (χ0v) is 27.1. The minimum atomic E-state index is -0.500. The number of aliphatic hydroxyl groups is 2. The van der Waals surface area contributed by atoms with Gasteiger partial charge in [0, 0.05) is 52.3 Å². The minimum absolute atomic E-state index is 0.415. The molecule has 1 aliphatic rings. The largest absolute Gasteiger partial charge is 0.400 e. The fraction of sp³-hybridized carbons (Fsp3) is 0.433. The van der Waals surface area contributed by atoms with Crippen molar-refractivity contribution in [2.75, 3.05) is 24.8 Å².